The van der Waals surface area contributed by atoms with Gasteiger partial charge in [0.05, 0.1) is 17.6 Å². The van der Waals surface area contributed by atoms with Crippen LogP contribution in [0, 0.1) is 0 Å². The normalized spacial score (nSPS) is 10.8. The molecule has 0 spiro atoms. The molecule has 2 aromatic heterocycles. The number of hydrogen-bond acceptors (Lipinski definition) is 3. The minimum atomic E-state index is -0.00412. The van der Waals surface area contributed by atoms with Crippen molar-refractivity contribution in [1.82, 2.24) is 9.97 Å². The van der Waals surface area contributed by atoms with Crippen LogP contribution in [0.25, 0.3) is 10.9 Å². The Bertz CT molecular complexity index is 1140. The summed E-state index contributed by atoms with van der Waals surface area (Å²) in [6.45, 7) is 0. The Balaban J connectivity index is 1.40. The van der Waals surface area contributed by atoms with Crippen LogP contribution in [0.2, 0.25) is 0 Å². The third-order valence-corrected chi connectivity index (χ3v) is 5.56. The van der Waals surface area contributed by atoms with Crippen LogP contribution in [0.3, 0.4) is 0 Å². The summed E-state index contributed by atoms with van der Waals surface area (Å²) in [6, 6.07) is 17.9. The van der Waals surface area contributed by atoms with Crippen LogP contribution in [0.1, 0.15) is 12.0 Å². The molecular weight excluding hydrogens is 428 g/mol. The summed E-state index contributed by atoms with van der Waals surface area (Å²) in [7, 11) is 1.98. The van der Waals surface area contributed by atoms with Gasteiger partial charge < -0.3 is 15.2 Å². The lowest BCUT2D eigenvalue weighted by molar-refractivity contribution is -0.116. The van der Waals surface area contributed by atoms with Gasteiger partial charge in [-0.15, -0.1) is 0 Å². The Morgan fingerprint density at radius 3 is 2.83 bits per heavy atom. The second-order valence-corrected chi connectivity index (χ2v) is 7.70. The van der Waals surface area contributed by atoms with E-state index in [0.717, 1.165) is 32.6 Å². The van der Waals surface area contributed by atoms with E-state index in [-0.39, 0.29) is 5.91 Å². The third-order valence-electron chi connectivity index (χ3n) is 4.92. The van der Waals surface area contributed by atoms with Crippen molar-refractivity contribution >= 4 is 49.8 Å². The molecule has 2 heterocycles. The molecule has 0 aliphatic heterocycles. The molecule has 4 rings (SSSR count). The maximum atomic E-state index is 12.4. The monoisotopic (exact) mass is 448 g/mol. The highest BCUT2D eigenvalue weighted by Gasteiger charge is 2.11. The number of benzene rings is 2. The van der Waals surface area contributed by atoms with Crippen LogP contribution < -0.4 is 10.2 Å². The first-order valence-corrected chi connectivity index (χ1v) is 10.2. The summed E-state index contributed by atoms with van der Waals surface area (Å²) in [5.41, 5.74) is 5.01. The lowest BCUT2D eigenvalue weighted by atomic mass is 10.1. The van der Waals surface area contributed by atoms with Gasteiger partial charge in [-0.2, -0.15) is 0 Å². The number of aryl methyl sites for hydroxylation is 1. The van der Waals surface area contributed by atoms with Gasteiger partial charge in [-0.05, 0) is 64.3 Å². The lowest BCUT2D eigenvalue weighted by Crippen LogP contribution is -2.13. The molecule has 0 aliphatic carbocycles. The zero-order valence-electron chi connectivity index (χ0n) is 16.0. The number of rotatable bonds is 6. The standard InChI is InChI=1S/C23H21BrN4O/c1-28(18-5-4-12-25-15-18)22-10-9-17(13-20(22)24)27-23(29)11-8-16-14-26-21-7-3-2-6-19(16)21/h2-7,9-10,12-15,26H,8,11H2,1H3,(H,27,29). The second kappa shape index (κ2) is 8.49. The zero-order valence-corrected chi connectivity index (χ0v) is 17.6. The van der Waals surface area contributed by atoms with Crippen molar-refractivity contribution in [1.29, 1.82) is 0 Å². The first-order chi connectivity index (χ1) is 14.1. The van der Waals surface area contributed by atoms with Gasteiger partial charge in [0, 0.05) is 46.9 Å². The molecule has 2 N–H and O–H groups in total. The van der Waals surface area contributed by atoms with E-state index < -0.39 is 0 Å². The van der Waals surface area contributed by atoms with Crippen molar-refractivity contribution in [3.8, 4) is 0 Å². The van der Waals surface area contributed by atoms with Crippen LogP contribution >= 0.6 is 15.9 Å². The fourth-order valence-electron chi connectivity index (χ4n) is 3.36. The van der Waals surface area contributed by atoms with E-state index in [1.807, 2.05) is 72.9 Å². The van der Waals surface area contributed by atoms with Gasteiger partial charge in [0.2, 0.25) is 5.91 Å². The van der Waals surface area contributed by atoms with E-state index in [1.165, 1.54) is 5.39 Å². The van der Waals surface area contributed by atoms with Gasteiger partial charge in [0.1, 0.15) is 0 Å². The minimum Gasteiger partial charge on any atom is -0.361 e. The molecule has 5 nitrogen and oxygen atoms in total. The first-order valence-electron chi connectivity index (χ1n) is 9.40. The SMILES string of the molecule is CN(c1cccnc1)c1ccc(NC(=O)CCc2c[nH]c3ccccc23)cc1Br. The van der Waals surface area contributed by atoms with Crippen LogP contribution in [0.5, 0.6) is 0 Å². The van der Waals surface area contributed by atoms with Crippen LogP contribution in [-0.2, 0) is 11.2 Å². The Kier molecular flexibility index (Phi) is 5.62. The van der Waals surface area contributed by atoms with Gasteiger partial charge in [-0.25, -0.2) is 0 Å². The molecule has 0 bridgehead atoms. The molecule has 0 saturated carbocycles. The van der Waals surface area contributed by atoms with Gasteiger partial charge in [-0.3, -0.25) is 9.78 Å². The maximum absolute atomic E-state index is 12.4. The molecule has 2 aromatic carbocycles. The van der Waals surface area contributed by atoms with Crippen LogP contribution in [-0.4, -0.2) is 22.9 Å². The summed E-state index contributed by atoms with van der Waals surface area (Å²) < 4.78 is 0.901. The summed E-state index contributed by atoms with van der Waals surface area (Å²) in [5.74, 6) is -0.00412. The number of fused-ring (bicyclic) bond motifs is 1. The van der Waals surface area contributed by atoms with Gasteiger partial charge in [0.15, 0.2) is 0 Å². The molecule has 0 aliphatic rings. The summed E-state index contributed by atoms with van der Waals surface area (Å²) >= 11 is 3.62. The predicted molar refractivity (Wildman–Crippen MR) is 122 cm³/mol. The average molecular weight is 449 g/mol. The van der Waals surface area contributed by atoms with Crippen LogP contribution in [0.4, 0.5) is 17.1 Å². The van der Waals surface area contributed by atoms with E-state index in [0.29, 0.717) is 12.8 Å². The maximum Gasteiger partial charge on any atom is 0.224 e. The first kappa shape index (κ1) is 19.2. The molecule has 0 fully saturated rings. The summed E-state index contributed by atoms with van der Waals surface area (Å²) in [4.78, 5) is 21.9. The number of halogens is 1. The molecule has 4 aromatic rings. The highest BCUT2D eigenvalue weighted by atomic mass is 79.9. The molecule has 1 amide bonds. The van der Waals surface area contributed by atoms with E-state index in [1.54, 1.807) is 6.20 Å². The molecule has 0 radical (unpaired) electrons. The van der Waals surface area contributed by atoms with Crippen molar-refractivity contribution in [2.75, 3.05) is 17.3 Å². The van der Waals surface area contributed by atoms with Gasteiger partial charge in [-0.1, -0.05) is 18.2 Å². The molecule has 6 heteroatoms. The topological polar surface area (TPSA) is 61.0 Å². The van der Waals surface area contributed by atoms with Crippen molar-refractivity contribution < 1.29 is 4.79 Å². The smallest absolute Gasteiger partial charge is 0.224 e. The third kappa shape index (κ3) is 4.32. The number of nitrogens with one attached hydrogen (secondary N) is 2. The zero-order chi connectivity index (χ0) is 20.2. The predicted octanol–water partition coefficient (Wildman–Crippen LogP) is 5.66. The molecule has 0 saturated heterocycles. The van der Waals surface area contributed by atoms with Gasteiger partial charge >= 0.3 is 0 Å². The van der Waals surface area contributed by atoms with Crippen molar-refractivity contribution in [2.45, 2.75) is 12.8 Å². The Morgan fingerprint density at radius 2 is 2.03 bits per heavy atom. The van der Waals surface area contributed by atoms with E-state index in [2.05, 4.69) is 37.3 Å². The largest absolute Gasteiger partial charge is 0.361 e. The fraction of sp³-hybridized carbons (Fsp3) is 0.130. The van der Waals surface area contributed by atoms with E-state index >= 15 is 0 Å². The fourth-order valence-corrected chi connectivity index (χ4v) is 4.00. The molecular formula is C23H21BrN4O. The number of H-pyrrole nitrogens is 1. The summed E-state index contributed by atoms with van der Waals surface area (Å²) in [5, 5.41) is 4.16. The van der Waals surface area contributed by atoms with Crippen LogP contribution in [0.15, 0.2) is 77.7 Å². The number of carbonyl (C=O) groups excluding carboxylic acids is 1. The van der Waals surface area contributed by atoms with E-state index in [4.69, 9.17) is 0 Å². The van der Waals surface area contributed by atoms with Crippen molar-refractivity contribution in [2.24, 2.45) is 0 Å². The number of hydrogen-bond donors (Lipinski definition) is 2. The Morgan fingerprint density at radius 1 is 1.17 bits per heavy atom. The number of nitrogens with zero attached hydrogens (tertiary/aromatic N) is 2. The van der Waals surface area contributed by atoms with E-state index in [9.17, 15) is 4.79 Å². The number of pyridine rings is 1. The molecule has 0 atom stereocenters. The van der Waals surface area contributed by atoms with Crippen molar-refractivity contribution in [3.63, 3.8) is 0 Å². The number of para-hydroxylation sites is 1. The molecule has 146 valence electrons. The number of amides is 1. The number of carbonyl (C=O) groups is 1. The average Bonchev–Trinajstić information content (AvgIpc) is 3.16. The second-order valence-electron chi connectivity index (χ2n) is 6.84. The highest BCUT2D eigenvalue weighted by Crippen LogP contribution is 2.32. The Labute approximate surface area is 177 Å². The molecule has 0 unspecified atom stereocenters. The number of aromatic amines is 1. The molecule has 29 heavy (non-hydrogen) atoms. The lowest BCUT2D eigenvalue weighted by Gasteiger charge is -2.21. The van der Waals surface area contributed by atoms with Gasteiger partial charge in [0.25, 0.3) is 0 Å². The summed E-state index contributed by atoms with van der Waals surface area (Å²) in [6.07, 6.45) is 6.67. The quantitative estimate of drug-likeness (QED) is 0.399. The number of anilines is 3. The minimum absolute atomic E-state index is 0.00412. The van der Waals surface area contributed by atoms with Crippen molar-refractivity contribution in [3.05, 3.63) is 83.2 Å². The Hall–Kier alpha value is -3.12. The number of aromatic nitrogens is 2. The highest BCUT2D eigenvalue weighted by molar-refractivity contribution is 9.10.